The molecule has 1 atom stereocenters. The zero-order valence-electron chi connectivity index (χ0n) is 8.01. The molecule has 12 heavy (non-hydrogen) atoms. The molecule has 0 amide bonds. The van der Waals surface area contributed by atoms with Crippen molar-refractivity contribution in [2.75, 3.05) is 19.7 Å². The van der Waals surface area contributed by atoms with Gasteiger partial charge in [-0.1, -0.05) is 24.4 Å². The minimum Gasteiger partial charge on any atom is -0.391 e. The van der Waals surface area contributed by atoms with Crippen LogP contribution in [0.3, 0.4) is 0 Å². The molecule has 2 nitrogen and oxygen atoms in total. The third-order valence-corrected chi connectivity index (χ3v) is 6.11. The largest absolute Gasteiger partial charge is 0.391 e. The van der Waals surface area contributed by atoms with Crippen LogP contribution in [0.4, 0.5) is 0 Å². The van der Waals surface area contributed by atoms with E-state index in [4.69, 9.17) is 4.74 Å². The third kappa shape index (κ3) is 3.64. The molecule has 0 radical (unpaired) electrons. The molecule has 0 aromatic carbocycles. The lowest BCUT2D eigenvalue weighted by Crippen LogP contribution is -2.46. The maximum Gasteiger partial charge on any atom is 0.307 e. The molecule has 1 rings (SSSR count). The van der Waals surface area contributed by atoms with E-state index in [1.165, 1.54) is 10.6 Å². The Labute approximate surface area is 85.9 Å². The average molecular weight is 208 g/mol. The Balaban J connectivity index is 0.00000121. The standard InChI is InChI=1S/C4H8NO.2C2H5.Al.ClH/c1-3-6-4-2-5-1;2*1-2;;/h3,5H,1-2,4H2;2*1H2,2H3;;1H. The van der Waals surface area contributed by atoms with Gasteiger partial charge in [-0.25, -0.2) is 0 Å². The van der Waals surface area contributed by atoms with Gasteiger partial charge < -0.3 is 10.1 Å². The van der Waals surface area contributed by atoms with E-state index in [-0.39, 0.29) is 12.4 Å². The number of halogens is 1. The van der Waals surface area contributed by atoms with Crippen molar-refractivity contribution in [3.05, 3.63) is 0 Å². The predicted octanol–water partition coefficient (Wildman–Crippen LogP) is 1.47. The van der Waals surface area contributed by atoms with E-state index in [1.54, 1.807) is 0 Å². The first kappa shape index (κ1) is 12.7. The van der Waals surface area contributed by atoms with E-state index in [1.807, 2.05) is 0 Å². The van der Waals surface area contributed by atoms with Crippen LogP contribution in [0.15, 0.2) is 0 Å². The Morgan fingerprint density at radius 3 is 2.50 bits per heavy atom. The van der Waals surface area contributed by atoms with Crippen molar-refractivity contribution in [2.45, 2.75) is 29.4 Å². The lowest BCUT2D eigenvalue weighted by atomic mass is 10.5. The van der Waals surface area contributed by atoms with E-state index in [9.17, 15) is 0 Å². The number of hydrogen-bond donors (Lipinski definition) is 1. The number of morpholine rings is 1. The van der Waals surface area contributed by atoms with Crippen LogP contribution in [0, 0.1) is 0 Å². The van der Waals surface area contributed by atoms with Crippen molar-refractivity contribution in [3.63, 3.8) is 0 Å². The molecule has 0 aromatic rings. The number of hydrogen-bond acceptors (Lipinski definition) is 2. The Morgan fingerprint density at radius 1 is 1.42 bits per heavy atom. The van der Waals surface area contributed by atoms with Crippen LogP contribution in [0.5, 0.6) is 0 Å². The van der Waals surface area contributed by atoms with Gasteiger partial charge in [0.15, 0.2) is 0 Å². The van der Waals surface area contributed by atoms with Gasteiger partial charge in [0.05, 0.1) is 6.61 Å². The number of nitrogens with one attached hydrogen (secondary N) is 1. The van der Waals surface area contributed by atoms with Crippen LogP contribution in [0.2, 0.25) is 10.6 Å². The molecule has 0 aromatic heterocycles. The third-order valence-electron chi connectivity index (χ3n) is 2.53. The monoisotopic (exact) mass is 207 g/mol. The van der Waals surface area contributed by atoms with Crippen LogP contribution < -0.4 is 5.32 Å². The minimum atomic E-state index is -0.558. The van der Waals surface area contributed by atoms with Gasteiger partial charge in [-0.3, -0.25) is 0 Å². The van der Waals surface area contributed by atoms with E-state index in [2.05, 4.69) is 19.2 Å². The smallest absolute Gasteiger partial charge is 0.307 e. The highest BCUT2D eigenvalue weighted by molar-refractivity contribution is 6.60. The summed E-state index contributed by atoms with van der Waals surface area (Å²) in [7, 11) is 0. The highest BCUT2D eigenvalue weighted by Gasteiger charge is 2.26. The second-order valence-corrected chi connectivity index (χ2v) is 7.09. The Hall–Kier alpha value is 0.742. The molecule has 1 fully saturated rings. The fraction of sp³-hybridized carbons (Fsp3) is 1.00. The maximum absolute atomic E-state index is 5.72. The molecule has 1 aliphatic rings. The lowest BCUT2D eigenvalue weighted by molar-refractivity contribution is 0.0747. The quantitative estimate of drug-likeness (QED) is 0.708. The minimum absolute atomic E-state index is 0. The summed E-state index contributed by atoms with van der Waals surface area (Å²) in [6, 6.07) is 0. The van der Waals surface area contributed by atoms with Crippen molar-refractivity contribution in [3.8, 4) is 0 Å². The van der Waals surface area contributed by atoms with E-state index >= 15 is 0 Å². The fourth-order valence-electron chi connectivity index (χ4n) is 1.70. The SMILES string of the molecule is C[CH2][Al]([CH2]C)[CH]1CNCCO1.Cl. The molecule has 0 bridgehead atoms. The first-order valence-corrected chi connectivity index (χ1v) is 7.00. The summed E-state index contributed by atoms with van der Waals surface area (Å²) in [5.74, 6) is 0. The van der Waals surface area contributed by atoms with Crippen LogP contribution in [-0.4, -0.2) is 38.8 Å². The van der Waals surface area contributed by atoms with Gasteiger partial charge in [-0.15, -0.1) is 12.4 Å². The van der Waals surface area contributed by atoms with Crippen LogP contribution in [0.1, 0.15) is 13.8 Å². The molecule has 72 valence electrons. The van der Waals surface area contributed by atoms with Gasteiger partial charge in [0.25, 0.3) is 0 Å². The van der Waals surface area contributed by atoms with E-state index in [0.29, 0.717) is 4.97 Å². The topological polar surface area (TPSA) is 21.3 Å². The molecular formula is C8H19AlClNO. The van der Waals surface area contributed by atoms with Crippen molar-refractivity contribution in [1.82, 2.24) is 5.32 Å². The second kappa shape index (κ2) is 7.18. The van der Waals surface area contributed by atoms with Gasteiger partial charge in [0.1, 0.15) is 0 Å². The average Bonchev–Trinajstić information content (AvgIpc) is 2.09. The molecule has 1 aliphatic heterocycles. The van der Waals surface area contributed by atoms with E-state index in [0.717, 1.165) is 19.7 Å². The summed E-state index contributed by atoms with van der Waals surface area (Å²) < 4.78 is 5.72. The Kier molecular flexibility index (Phi) is 7.62. The van der Waals surface area contributed by atoms with Gasteiger partial charge in [0.2, 0.25) is 0 Å². The van der Waals surface area contributed by atoms with Gasteiger partial charge in [-0.05, 0) is 0 Å². The maximum atomic E-state index is 5.72. The molecule has 0 aliphatic carbocycles. The molecule has 1 heterocycles. The highest BCUT2D eigenvalue weighted by atomic mass is 35.5. The molecule has 1 N–H and O–H groups in total. The molecule has 0 spiro atoms. The first-order valence-electron chi connectivity index (χ1n) is 4.70. The molecule has 1 saturated heterocycles. The van der Waals surface area contributed by atoms with Gasteiger partial charge >= 0.3 is 14.1 Å². The molecule has 0 saturated carbocycles. The summed E-state index contributed by atoms with van der Waals surface area (Å²) in [5.41, 5.74) is 0. The highest BCUT2D eigenvalue weighted by Crippen LogP contribution is 2.08. The van der Waals surface area contributed by atoms with E-state index < -0.39 is 14.1 Å². The summed E-state index contributed by atoms with van der Waals surface area (Å²) in [6.45, 7) is 7.69. The first-order chi connectivity index (χ1) is 5.38. The summed E-state index contributed by atoms with van der Waals surface area (Å²) in [4.78, 5) is 0.610. The normalized spacial score (nSPS) is 23.0. The molecule has 1 unspecified atom stereocenters. The zero-order valence-corrected chi connectivity index (χ0v) is 9.98. The lowest BCUT2D eigenvalue weighted by Gasteiger charge is -2.27. The molecule has 4 heteroatoms. The Morgan fingerprint density at radius 2 is 2.08 bits per heavy atom. The van der Waals surface area contributed by atoms with Gasteiger partial charge in [0, 0.05) is 18.1 Å². The summed E-state index contributed by atoms with van der Waals surface area (Å²) in [5, 5.41) is 6.15. The number of rotatable bonds is 3. The van der Waals surface area contributed by atoms with Crippen LogP contribution in [0.25, 0.3) is 0 Å². The van der Waals surface area contributed by atoms with Crippen molar-refractivity contribution in [2.24, 2.45) is 0 Å². The Bertz CT molecular complexity index is 105. The second-order valence-electron chi connectivity index (χ2n) is 3.19. The van der Waals surface area contributed by atoms with Gasteiger partial charge in [-0.2, -0.15) is 0 Å². The van der Waals surface area contributed by atoms with Crippen molar-refractivity contribution in [1.29, 1.82) is 0 Å². The zero-order chi connectivity index (χ0) is 8.10. The summed E-state index contributed by atoms with van der Waals surface area (Å²) in [6.07, 6.45) is 0. The predicted molar refractivity (Wildman–Crippen MR) is 56.6 cm³/mol. The van der Waals surface area contributed by atoms with Crippen LogP contribution in [-0.2, 0) is 4.74 Å². The number of ether oxygens (including phenoxy) is 1. The van der Waals surface area contributed by atoms with Crippen molar-refractivity contribution < 1.29 is 4.74 Å². The molecular weight excluding hydrogens is 189 g/mol. The van der Waals surface area contributed by atoms with Crippen LogP contribution >= 0.6 is 12.4 Å². The fourth-order valence-corrected chi connectivity index (χ4v) is 4.24. The van der Waals surface area contributed by atoms with Crippen molar-refractivity contribution >= 4 is 26.6 Å². The summed E-state index contributed by atoms with van der Waals surface area (Å²) >= 11 is -0.558.